The van der Waals surface area contributed by atoms with Gasteiger partial charge in [-0.3, -0.25) is 9.48 Å². The predicted octanol–water partition coefficient (Wildman–Crippen LogP) is 0.278. The standard InChI is InChI=1S/C10H14N4O/c1-7(8-5-11-6-8)10(15)12-9-3-4-14(2)13-9/h3-4,11H,5-6H2,1-2H3,(H,12,13,15). The molecule has 0 aliphatic carbocycles. The number of aryl methyl sites for hydroxylation is 1. The highest BCUT2D eigenvalue weighted by molar-refractivity contribution is 6.03. The second-order valence-electron chi connectivity index (χ2n) is 3.66. The van der Waals surface area contributed by atoms with E-state index in [2.05, 4.69) is 15.7 Å². The van der Waals surface area contributed by atoms with E-state index in [9.17, 15) is 4.79 Å². The number of nitrogens with zero attached hydrogens (tertiary/aromatic N) is 2. The fourth-order valence-corrected chi connectivity index (χ4v) is 1.37. The fraction of sp³-hybridized carbons (Fsp3) is 0.400. The minimum absolute atomic E-state index is 0.0646. The molecular formula is C10H14N4O. The third kappa shape index (κ3) is 2.07. The normalized spacial score (nSPS) is 14.7. The van der Waals surface area contributed by atoms with E-state index in [4.69, 9.17) is 0 Å². The summed E-state index contributed by atoms with van der Waals surface area (Å²) in [4.78, 5) is 11.7. The minimum atomic E-state index is -0.0646. The Hall–Kier alpha value is -1.62. The van der Waals surface area contributed by atoms with Crippen LogP contribution in [0.5, 0.6) is 0 Å². The number of amides is 1. The first-order chi connectivity index (χ1) is 7.16. The van der Waals surface area contributed by atoms with Gasteiger partial charge in [0, 0.05) is 38.0 Å². The summed E-state index contributed by atoms with van der Waals surface area (Å²) in [7, 11) is 1.82. The van der Waals surface area contributed by atoms with Gasteiger partial charge in [-0.1, -0.05) is 0 Å². The van der Waals surface area contributed by atoms with Crippen molar-refractivity contribution in [3.63, 3.8) is 0 Å². The number of aromatic nitrogens is 2. The number of hydrogen-bond acceptors (Lipinski definition) is 3. The molecule has 2 N–H and O–H groups in total. The van der Waals surface area contributed by atoms with Crippen LogP contribution in [0.4, 0.5) is 5.82 Å². The molecule has 1 aliphatic rings. The zero-order chi connectivity index (χ0) is 10.8. The molecule has 2 heterocycles. The van der Waals surface area contributed by atoms with Gasteiger partial charge in [0.1, 0.15) is 0 Å². The van der Waals surface area contributed by atoms with Gasteiger partial charge in [-0.05, 0) is 12.5 Å². The second kappa shape index (κ2) is 3.86. The van der Waals surface area contributed by atoms with E-state index in [0.29, 0.717) is 5.82 Å². The molecular weight excluding hydrogens is 192 g/mol. The molecule has 0 aromatic carbocycles. The molecule has 5 heteroatoms. The Bertz CT molecular complexity index is 413. The summed E-state index contributed by atoms with van der Waals surface area (Å²) >= 11 is 0. The first-order valence-electron chi connectivity index (χ1n) is 4.87. The molecule has 0 radical (unpaired) electrons. The summed E-state index contributed by atoms with van der Waals surface area (Å²) in [6.45, 7) is 3.48. The van der Waals surface area contributed by atoms with E-state index in [1.54, 1.807) is 16.9 Å². The van der Waals surface area contributed by atoms with Crippen LogP contribution in [0.25, 0.3) is 0 Å². The number of rotatable bonds is 2. The smallest absolute Gasteiger partial charge is 0.252 e. The monoisotopic (exact) mass is 206 g/mol. The summed E-state index contributed by atoms with van der Waals surface area (Å²) in [5, 5.41) is 9.95. The SMILES string of the molecule is CC(C(=O)Nc1ccn(C)n1)=C1CNC1. The van der Waals surface area contributed by atoms with Crippen LogP contribution >= 0.6 is 0 Å². The first-order valence-corrected chi connectivity index (χ1v) is 4.87. The van der Waals surface area contributed by atoms with Crippen LogP contribution in [0.15, 0.2) is 23.4 Å². The van der Waals surface area contributed by atoms with E-state index in [1.807, 2.05) is 14.0 Å². The highest BCUT2D eigenvalue weighted by Crippen LogP contribution is 2.11. The lowest BCUT2D eigenvalue weighted by molar-refractivity contribution is -0.112. The number of nitrogens with one attached hydrogen (secondary N) is 2. The molecule has 0 bridgehead atoms. The average Bonchev–Trinajstić information content (AvgIpc) is 2.48. The van der Waals surface area contributed by atoms with Gasteiger partial charge in [-0.2, -0.15) is 5.10 Å². The first kappa shape index (κ1) is 9.92. The van der Waals surface area contributed by atoms with Gasteiger partial charge in [0.2, 0.25) is 0 Å². The van der Waals surface area contributed by atoms with Crippen LogP contribution in [-0.2, 0) is 11.8 Å². The van der Waals surface area contributed by atoms with Gasteiger partial charge in [0.25, 0.3) is 5.91 Å². The molecule has 15 heavy (non-hydrogen) atoms. The summed E-state index contributed by atoms with van der Waals surface area (Å²) in [6.07, 6.45) is 1.79. The molecule has 1 aromatic rings. The summed E-state index contributed by atoms with van der Waals surface area (Å²) in [6, 6.07) is 1.77. The lowest BCUT2D eigenvalue weighted by atomic mass is 10.0. The zero-order valence-electron chi connectivity index (χ0n) is 8.87. The van der Waals surface area contributed by atoms with Crippen LogP contribution in [-0.4, -0.2) is 28.8 Å². The molecule has 0 atom stereocenters. The molecule has 0 unspecified atom stereocenters. The molecule has 0 saturated carbocycles. The Morgan fingerprint density at radius 1 is 1.60 bits per heavy atom. The van der Waals surface area contributed by atoms with Gasteiger partial charge < -0.3 is 10.6 Å². The van der Waals surface area contributed by atoms with Crippen molar-refractivity contribution in [1.82, 2.24) is 15.1 Å². The highest BCUT2D eigenvalue weighted by atomic mass is 16.1. The largest absolute Gasteiger partial charge is 0.309 e. The van der Waals surface area contributed by atoms with E-state index in [0.717, 1.165) is 18.7 Å². The maximum Gasteiger partial charge on any atom is 0.252 e. The van der Waals surface area contributed by atoms with Crippen LogP contribution in [0.2, 0.25) is 0 Å². The molecule has 1 saturated heterocycles. The van der Waals surface area contributed by atoms with Crippen LogP contribution in [0.3, 0.4) is 0 Å². The quantitative estimate of drug-likeness (QED) is 0.683. The zero-order valence-corrected chi connectivity index (χ0v) is 8.87. The molecule has 2 rings (SSSR count). The third-order valence-electron chi connectivity index (χ3n) is 2.50. The van der Waals surface area contributed by atoms with Crippen molar-refractivity contribution in [1.29, 1.82) is 0 Å². The maximum absolute atomic E-state index is 11.7. The van der Waals surface area contributed by atoms with E-state index >= 15 is 0 Å². The van der Waals surface area contributed by atoms with Crippen LogP contribution in [0.1, 0.15) is 6.92 Å². The van der Waals surface area contributed by atoms with Gasteiger partial charge in [-0.15, -0.1) is 0 Å². The Labute approximate surface area is 88.2 Å². The van der Waals surface area contributed by atoms with E-state index in [1.165, 1.54) is 5.57 Å². The van der Waals surface area contributed by atoms with Gasteiger partial charge in [0.05, 0.1) is 0 Å². The van der Waals surface area contributed by atoms with Crippen molar-refractivity contribution < 1.29 is 4.79 Å². The fourth-order valence-electron chi connectivity index (χ4n) is 1.37. The van der Waals surface area contributed by atoms with Gasteiger partial charge >= 0.3 is 0 Å². The van der Waals surface area contributed by atoms with Crippen LogP contribution in [0, 0.1) is 0 Å². The number of anilines is 1. The van der Waals surface area contributed by atoms with Crippen molar-refractivity contribution in [2.75, 3.05) is 18.4 Å². The Morgan fingerprint density at radius 2 is 2.33 bits per heavy atom. The molecule has 0 spiro atoms. The number of carbonyl (C=O) groups excluding carboxylic acids is 1. The van der Waals surface area contributed by atoms with Crippen molar-refractivity contribution >= 4 is 11.7 Å². The molecule has 1 aromatic heterocycles. The molecule has 1 aliphatic heterocycles. The van der Waals surface area contributed by atoms with E-state index < -0.39 is 0 Å². The predicted molar refractivity (Wildman–Crippen MR) is 57.4 cm³/mol. The Morgan fingerprint density at radius 3 is 2.80 bits per heavy atom. The summed E-state index contributed by atoms with van der Waals surface area (Å²) < 4.78 is 1.66. The summed E-state index contributed by atoms with van der Waals surface area (Å²) in [5.74, 6) is 0.528. The van der Waals surface area contributed by atoms with E-state index in [-0.39, 0.29) is 5.91 Å². The third-order valence-corrected chi connectivity index (χ3v) is 2.50. The Kier molecular flexibility index (Phi) is 2.55. The molecule has 80 valence electrons. The molecule has 1 fully saturated rings. The summed E-state index contributed by atoms with van der Waals surface area (Å²) in [5.41, 5.74) is 1.96. The average molecular weight is 206 g/mol. The van der Waals surface area contributed by atoms with Crippen molar-refractivity contribution in [3.8, 4) is 0 Å². The van der Waals surface area contributed by atoms with Crippen LogP contribution < -0.4 is 10.6 Å². The van der Waals surface area contributed by atoms with Gasteiger partial charge in [0.15, 0.2) is 5.82 Å². The van der Waals surface area contributed by atoms with Crippen molar-refractivity contribution in [3.05, 3.63) is 23.4 Å². The Balaban J connectivity index is 2.03. The molecule has 5 nitrogen and oxygen atoms in total. The van der Waals surface area contributed by atoms with Gasteiger partial charge in [-0.25, -0.2) is 0 Å². The second-order valence-corrected chi connectivity index (χ2v) is 3.66. The molecule has 1 amide bonds. The minimum Gasteiger partial charge on any atom is -0.309 e. The lowest BCUT2D eigenvalue weighted by Crippen LogP contribution is -2.36. The van der Waals surface area contributed by atoms with Crippen molar-refractivity contribution in [2.45, 2.75) is 6.92 Å². The topological polar surface area (TPSA) is 59.0 Å². The van der Waals surface area contributed by atoms with Crippen molar-refractivity contribution in [2.24, 2.45) is 7.05 Å². The highest BCUT2D eigenvalue weighted by Gasteiger charge is 2.16. The lowest BCUT2D eigenvalue weighted by Gasteiger charge is -2.21. The number of carbonyl (C=O) groups is 1. The maximum atomic E-state index is 11.7. The number of hydrogen-bond donors (Lipinski definition) is 2.